The van der Waals surface area contributed by atoms with Crippen molar-refractivity contribution in [2.24, 2.45) is 0 Å². The van der Waals surface area contributed by atoms with Crippen molar-refractivity contribution < 1.29 is 13.2 Å². The van der Waals surface area contributed by atoms with Gasteiger partial charge in [0.15, 0.2) is 5.78 Å². The molecule has 5 heteroatoms. The molecule has 0 radical (unpaired) electrons. The highest BCUT2D eigenvalue weighted by Gasteiger charge is 2.26. The van der Waals surface area contributed by atoms with Crippen molar-refractivity contribution in [3.05, 3.63) is 96.1 Å². The van der Waals surface area contributed by atoms with Crippen molar-refractivity contribution in [1.29, 1.82) is 0 Å². The quantitative estimate of drug-likeness (QED) is 0.575. The molecule has 0 bridgehead atoms. The molecule has 0 aromatic heterocycles. The maximum atomic E-state index is 13.2. The van der Waals surface area contributed by atoms with Crippen molar-refractivity contribution in [2.75, 3.05) is 10.8 Å². The first kappa shape index (κ1) is 19.8. The summed E-state index contributed by atoms with van der Waals surface area (Å²) in [4.78, 5) is 12.9. The number of hydrogen-bond donors (Lipinski definition) is 0. The Kier molecular flexibility index (Phi) is 6.26. The lowest BCUT2D eigenvalue weighted by Crippen LogP contribution is -2.36. The van der Waals surface area contributed by atoms with Crippen LogP contribution in [0, 0.1) is 0 Å². The number of anilines is 1. The topological polar surface area (TPSA) is 54.5 Å². The summed E-state index contributed by atoms with van der Waals surface area (Å²) in [5.74, 6) is -0.160. The second kappa shape index (κ2) is 8.85. The van der Waals surface area contributed by atoms with Crippen LogP contribution in [0.4, 0.5) is 5.69 Å². The monoisotopic (exact) mass is 393 g/mol. The molecule has 4 nitrogen and oxygen atoms in total. The zero-order valence-electron chi connectivity index (χ0n) is 15.8. The maximum Gasteiger partial charge on any atom is 0.264 e. The highest BCUT2D eigenvalue weighted by molar-refractivity contribution is 7.92. The molecule has 3 rings (SSSR count). The Labute approximate surface area is 166 Å². The van der Waals surface area contributed by atoms with E-state index < -0.39 is 10.0 Å². The highest BCUT2D eigenvalue weighted by atomic mass is 32.2. The van der Waals surface area contributed by atoms with Gasteiger partial charge >= 0.3 is 0 Å². The van der Waals surface area contributed by atoms with Crippen LogP contribution in [0.1, 0.15) is 18.1 Å². The molecule has 0 N–H and O–H groups in total. The first-order chi connectivity index (χ1) is 13.5. The maximum absolute atomic E-state index is 13.2. The molecule has 28 heavy (non-hydrogen) atoms. The number of carbonyl (C=O) groups excluding carboxylic acids is 1. The van der Waals surface area contributed by atoms with Gasteiger partial charge in [0.1, 0.15) is 0 Å². The van der Waals surface area contributed by atoms with Crippen molar-refractivity contribution >= 4 is 21.5 Å². The minimum atomic E-state index is -3.84. The number of hydrogen-bond acceptors (Lipinski definition) is 3. The largest absolute Gasteiger partial charge is 0.297 e. The van der Waals surface area contributed by atoms with E-state index in [0.717, 1.165) is 12.0 Å². The van der Waals surface area contributed by atoms with E-state index in [2.05, 4.69) is 6.92 Å². The number of carbonyl (C=O) groups is 1. The van der Waals surface area contributed by atoms with E-state index >= 15 is 0 Å². The summed E-state index contributed by atoms with van der Waals surface area (Å²) in [7, 11) is -3.84. The molecule has 0 saturated heterocycles. The summed E-state index contributed by atoms with van der Waals surface area (Å²) in [5.41, 5.74) is 2.56. The predicted molar refractivity (Wildman–Crippen MR) is 112 cm³/mol. The lowest BCUT2D eigenvalue weighted by molar-refractivity contribution is -0.117. The average Bonchev–Trinajstić information content (AvgIpc) is 2.74. The number of sulfonamides is 1. The van der Waals surface area contributed by atoms with Gasteiger partial charge in [-0.15, -0.1) is 0 Å². The van der Waals surface area contributed by atoms with Crippen LogP contribution in [-0.2, 0) is 27.7 Å². The molecule has 3 aromatic rings. The third-order valence-corrected chi connectivity index (χ3v) is 6.32. The molecule has 0 aliphatic carbocycles. The molecule has 0 aliphatic heterocycles. The van der Waals surface area contributed by atoms with Gasteiger partial charge in [0.2, 0.25) is 0 Å². The van der Waals surface area contributed by atoms with E-state index in [1.165, 1.54) is 9.87 Å². The van der Waals surface area contributed by atoms with Crippen molar-refractivity contribution in [1.82, 2.24) is 0 Å². The van der Waals surface area contributed by atoms with E-state index in [4.69, 9.17) is 0 Å². The number of benzene rings is 3. The van der Waals surface area contributed by atoms with Gasteiger partial charge in [-0.05, 0) is 41.8 Å². The minimum absolute atomic E-state index is 0.160. The summed E-state index contributed by atoms with van der Waals surface area (Å²) >= 11 is 0. The van der Waals surface area contributed by atoms with Crippen LogP contribution in [0.2, 0.25) is 0 Å². The first-order valence-electron chi connectivity index (χ1n) is 9.23. The summed E-state index contributed by atoms with van der Waals surface area (Å²) in [5, 5.41) is 0. The third-order valence-electron chi connectivity index (χ3n) is 4.53. The number of nitrogens with zero attached hydrogens (tertiary/aromatic N) is 1. The average molecular weight is 394 g/mol. The van der Waals surface area contributed by atoms with Gasteiger partial charge in [-0.2, -0.15) is 0 Å². The fraction of sp³-hybridized carbons (Fsp3) is 0.174. The lowest BCUT2D eigenvalue weighted by Gasteiger charge is -2.24. The van der Waals surface area contributed by atoms with Crippen LogP contribution in [0.15, 0.2) is 89.8 Å². The summed E-state index contributed by atoms with van der Waals surface area (Å²) < 4.78 is 27.5. The van der Waals surface area contributed by atoms with E-state index in [1.807, 2.05) is 30.3 Å². The molecule has 0 aliphatic rings. The van der Waals surface area contributed by atoms with E-state index in [9.17, 15) is 13.2 Å². The second-order valence-electron chi connectivity index (χ2n) is 6.55. The van der Waals surface area contributed by atoms with Crippen LogP contribution < -0.4 is 4.31 Å². The summed E-state index contributed by atoms with van der Waals surface area (Å²) in [6.07, 6.45) is 1.13. The van der Waals surface area contributed by atoms with Crippen molar-refractivity contribution in [3.63, 3.8) is 0 Å². The Bertz CT molecular complexity index is 1010. The Morgan fingerprint density at radius 1 is 0.786 bits per heavy atom. The van der Waals surface area contributed by atoms with Gasteiger partial charge in [0.05, 0.1) is 17.1 Å². The van der Waals surface area contributed by atoms with Gasteiger partial charge in [0, 0.05) is 6.42 Å². The van der Waals surface area contributed by atoms with Gasteiger partial charge in [-0.1, -0.05) is 67.6 Å². The Morgan fingerprint density at radius 2 is 1.32 bits per heavy atom. The number of aryl methyl sites for hydroxylation is 1. The molecular weight excluding hydrogens is 370 g/mol. The Hall–Kier alpha value is -2.92. The van der Waals surface area contributed by atoms with Crippen LogP contribution in [0.5, 0.6) is 0 Å². The molecular formula is C23H23NO3S. The minimum Gasteiger partial charge on any atom is -0.297 e. The van der Waals surface area contributed by atoms with Crippen molar-refractivity contribution in [2.45, 2.75) is 24.7 Å². The molecule has 0 atom stereocenters. The van der Waals surface area contributed by atoms with Crippen LogP contribution in [0.3, 0.4) is 0 Å². The zero-order chi connectivity index (χ0) is 20.0. The molecule has 0 heterocycles. The van der Waals surface area contributed by atoms with E-state index in [-0.39, 0.29) is 23.6 Å². The molecule has 0 saturated carbocycles. The summed E-state index contributed by atoms with van der Waals surface area (Å²) in [6, 6.07) is 24.8. The number of Topliss-reactive ketones (excluding diaryl/α,β-unsaturated/α-hetero) is 1. The lowest BCUT2D eigenvalue weighted by atomic mass is 10.1. The van der Waals surface area contributed by atoms with Crippen LogP contribution >= 0.6 is 0 Å². The third kappa shape index (κ3) is 4.67. The van der Waals surface area contributed by atoms with Crippen LogP contribution in [-0.4, -0.2) is 20.7 Å². The fourth-order valence-corrected chi connectivity index (χ4v) is 4.43. The van der Waals surface area contributed by atoms with Gasteiger partial charge < -0.3 is 0 Å². The molecule has 0 unspecified atom stereocenters. The predicted octanol–water partition coefficient (Wildman–Crippen LogP) is 4.26. The standard InChI is InChI=1S/C23H23NO3S/c1-2-19-13-15-20(16-14-19)17-22(25)18-24(21-9-5-3-6-10-21)28(26,27)23-11-7-4-8-12-23/h3-16H,2,17-18H2,1H3. The molecule has 144 valence electrons. The second-order valence-corrected chi connectivity index (χ2v) is 8.41. The van der Waals surface area contributed by atoms with Gasteiger partial charge in [0.25, 0.3) is 10.0 Å². The van der Waals surface area contributed by atoms with Gasteiger partial charge in [-0.3, -0.25) is 9.10 Å². The zero-order valence-corrected chi connectivity index (χ0v) is 16.6. The smallest absolute Gasteiger partial charge is 0.264 e. The normalized spacial score (nSPS) is 11.2. The number of para-hydroxylation sites is 1. The highest BCUT2D eigenvalue weighted by Crippen LogP contribution is 2.23. The first-order valence-corrected chi connectivity index (χ1v) is 10.7. The number of rotatable bonds is 8. The Balaban J connectivity index is 1.86. The molecule has 0 spiro atoms. The van der Waals surface area contributed by atoms with E-state index in [0.29, 0.717) is 5.69 Å². The molecule has 0 fully saturated rings. The van der Waals surface area contributed by atoms with E-state index in [1.54, 1.807) is 54.6 Å². The Morgan fingerprint density at radius 3 is 1.89 bits per heavy atom. The summed E-state index contributed by atoms with van der Waals surface area (Å²) in [6.45, 7) is 1.86. The van der Waals surface area contributed by atoms with Crippen molar-refractivity contribution in [3.8, 4) is 0 Å². The molecule has 3 aromatic carbocycles. The van der Waals surface area contributed by atoms with Crippen LogP contribution in [0.25, 0.3) is 0 Å². The SMILES string of the molecule is CCc1ccc(CC(=O)CN(c2ccccc2)S(=O)(=O)c2ccccc2)cc1. The molecule has 0 amide bonds. The number of ketones is 1. The fourth-order valence-electron chi connectivity index (χ4n) is 2.97. The van der Waals surface area contributed by atoms with Gasteiger partial charge in [-0.25, -0.2) is 8.42 Å².